The van der Waals surface area contributed by atoms with Crippen molar-refractivity contribution in [2.75, 3.05) is 18.7 Å². The predicted octanol–water partition coefficient (Wildman–Crippen LogP) is 3.25. The minimum Gasteiger partial charge on any atom is -0.426 e. The predicted molar refractivity (Wildman–Crippen MR) is 150 cm³/mol. The summed E-state index contributed by atoms with van der Waals surface area (Å²) in [5.41, 5.74) is 5.03. The van der Waals surface area contributed by atoms with Crippen molar-refractivity contribution in [2.45, 2.75) is 52.6 Å². The smallest absolute Gasteiger partial charge is 0.419 e. The molecule has 11 nitrogen and oxygen atoms in total. The van der Waals surface area contributed by atoms with Crippen LogP contribution in [0.3, 0.4) is 0 Å². The van der Waals surface area contributed by atoms with Crippen molar-refractivity contribution < 1.29 is 33.4 Å². The molecule has 41 heavy (non-hydrogen) atoms. The molecule has 1 fully saturated rings. The molecule has 0 aromatic heterocycles. The zero-order valence-corrected chi connectivity index (χ0v) is 23.5. The average Bonchev–Trinajstić information content (AvgIpc) is 3.70. The SMILES string of the molecule is CCN(C(=O)OCOC(=O)C(C)NC=O)C(=O)C1=CC2C=CC=C(Nc3cc(C(=O)NC4CC4)ccc3C)C2=C1C. The summed E-state index contributed by atoms with van der Waals surface area (Å²) >= 11 is 0. The summed E-state index contributed by atoms with van der Waals surface area (Å²) in [7, 11) is 0. The van der Waals surface area contributed by atoms with E-state index in [-0.39, 0.29) is 24.4 Å². The van der Waals surface area contributed by atoms with Gasteiger partial charge in [0, 0.05) is 41.0 Å². The van der Waals surface area contributed by atoms with Gasteiger partial charge >= 0.3 is 12.1 Å². The van der Waals surface area contributed by atoms with E-state index >= 15 is 0 Å². The number of likely N-dealkylation sites (N-methyl/N-ethyl adjacent to an activating group) is 1. The maximum Gasteiger partial charge on any atom is 0.419 e. The van der Waals surface area contributed by atoms with Crippen LogP contribution in [0.15, 0.2) is 64.9 Å². The summed E-state index contributed by atoms with van der Waals surface area (Å²) in [5.74, 6) is -1.62. The van der Waals surface area contributed by atoms with Gasteiger partial charge < -0.3 is 25.4 Å². The molecule has 1 saturated carbocycles. The molecule has 0 heterocycles. The van der Waals surface area contributed by atoms with Crippen molar-refractivity contribution in [3.8, 4) is 0 Å². The molecular formula is C30H34N4O7. The number of esters is 1. The fourth-order valence-electron chi connectivity index (χ4n) is 4.57. The van der Waals surface area contributed by atoms with Crippen LogP contribution in [0.2, 0.25) is 0 Å². The molecule has 216 valence electrons. The molecule has 0 spiro atoms. The quantitative estimate of drug-likeness (QED) is 0.212. The van der Waals surface area contributed by atoms with E-state index in [1.54, 1.807) is 19.1 Å². The number of amides is 4. The summed E-state index contributed by atoms with van der Waals surface area (Å²) in [6.07, 6.45) is 8.97. The van der Waals surface area contributed by atoms with Crippen LogP contribution < -0.4 is 16.0 Å². The molecule has 11 heteroatoms. The highest BCUT2D eigenvalue weighted by Crippen LogP contribution is 2.40. The number of nitrogens with zero attached hydrogens (tertiary/aromatic N) is 1. The van der Waals surface area contributed by atoms with E-state index in [2.05, 4.69) is 16.0 Å². The zero-order chi connectivity index (χ0) is 29.7. The molecule has 2 atom stereocenters. The summed E-state index contributed by atoms with van der Waals surface area (Å²) < 4.78 is 9.83. The average molecular weight is 563 g/mol. The number of anilines is 1. The maximum absolute atomic E-state index is 13.5. The van der Waals surface area contributed by atoms with Gasteiger partial charge in [-0.05, 0) is 75.5 Å². The van der Waals surface area contributed by atoms with Gasteiger partial charge in [-0.2, -0.15) is 0 Å². The van der Waals surface area contributed by atoms with Gasteiger partial charge in [-0.15, -0.1) is 0 Å². The van der Waals surface area contributed by atoms with E-state index in [4.69, 9.17) is 9.47 Å². The molecule has 3 aliphatic rings. The van der Waals surface area contributed by atoms with Crippen LogP contribution in [0, 0.1) is 12.8 Å². The minimum atomic E-state index is -0.962. The molecule has 1 aromatic carbocycles. The lowest BCUT2D eigenvalue weighted by Gasteiger charge is -2.22. The van der Waals surface area contributed by atoms with Gasteiger partial charge in [-0.25, -0.2) is 14.5 Å². The highest BCUT2D eigenvalue weighted by molar-refractivity contribution is 6.06. The van der Waals surface area contributed by atoms with E-state index in [9.17, 15) is 24.0 Å². The van der Waals surface area contributed by atoms with Gasteiger partial charge in [0.1, 0.15) is 6.04 Å². The Kier molecular flexibility index (Phi) is 9.06. The number of allylic oxidation sites excluding steroid dienone is 5. The number of benzene rings is 1. The summed E-state index contributed by atoms with van der Waals surface area (Å²) in [6.45, 7) is 6.15. The molecule has 0 saturated heterocycles. The number of nitrogens with one attached hydrogen (secondary N) is 3. The van der Waals surface area contributed by atoms with Gasteiger partial charge in [0.25, 0.3) is 11.8 Å². The molecule has 0 aliphatic heterocycles. The Balaban J connectivity index is 1.46. The third-order valence-electron chi connectivity index (χ3n) is 7.11. The van der Waals surface area contributed by atoms with Crippen LogP contribution in [-0.4, -0.2) is 60.6 Å². The lowest BCUT2D eigenvalue weighted by atomic mass is 9.92. The number of hydrogen-bond donors (Lipinski definition) is 3. The monoisotopic (exact) mass is 562 g/mol. The number of rotatable bonds is 11. The molecular weight excluding hydrogens is 528 g/mol. The third-order valence-corrected chi connectivity index (χ3v) is 7.11. The third kappa shape index (κ3) is 6.74. The molecule has 3 N–H and O–H groups in total. The van der Waals surface area contributed by atoms with Crippen LogP contribution in [0.1, 0.15) is 49.5 Å². The Morgan fingerprint density at radius 3 is 2.59 bits per heavy atom. The van der Waals surface area contributed by atoms with Gasteiger partial charge in [-0.3, -0.25) is 14.4 Å². The zero-order valence-electron chi connectivity index (χ0n) is 23.5. The molecule has 0 bridgehead atoms. The number of fused-ring (bicyclic) bond motifs is 1. The molecule has 0 radical (unpaired) electrons. The Labute approximate surface area is 238 Å². The highest BCUT2D eigenvalue weighted by atomic mass is 16.7. The number of aryl methyl sites for hydroxylation is 1. The van der Waals surface area contributed by atoms with Gasteiger partial charge in [-0.1, -0.05) is 24.3 Å². The molecule has 1 aromatic rings. The van der Waals surface area contributed by atoms with Crippen molar-refractivity contribution in [3.05, 3.63) is 76.0 Å². The first-order chi connectivity index (χ1) is 19.6. The standard InChI is InChI=1S/C30H34N4O7/c1-5-34(30(39)41-16-40-29(38)19(4)31-15-35)28(37)23-13-20-7-6-8-24(26(20)18(23)3)33-25-14-21(10-9-17(25)2)27(36)32-22-11-12-22/h6-10,13-15,19-20,22,33H,5,11-12,16H2,1-4H3,(H,31,35)(H,32,36). The first kappa shape index (κ1) is 29.3. The largest absolute Gasteiger partial charge is 0.426 e. The second kappa shape index (κ2) is 12.7. The van der Waals surface area contributed by atoms with Crippen molar-refractivity contribution in [1.82, 2.24) is 15.5 Å². The normalized spacial score (nSPS) is 17.9. The molecule has 2 unspecified atom stereocenters. The highest BCUT2D eigenvalue weighted by Gasteiger charge is 2.34. The number of ether oxygens (including phenoxy) is 2. The number of carbonyl (C=O) groups excluding carboxylic acids is 5. The molecule has 4 amide bonds. The van der Waals surface area contributed by atoms with E-state index in [0.717, 1.165) is 40.3 Å². The van der Waals surface area contributed by atoms with Crippen LogP contribution >= 0.6 is 0 Å². The minimum absolute atomic E-state index is 0.0328. The van der Waals surface area contributed by atoms with Crippen molar-refractivity contribution >= 4 is 36.0 Å². The summed E-state index contributed by atoms with van der Waals surface area (Å²) in [5, 5.41) is 8.68. The number of carbonyl (C=O) groups is 5. The Morgan fingerprint density at radius 2 is 1.90 bits per heavy atom. The summed E-state index contributed by atoms with van der Waals surface area (Å²) in [6, 6.07) is 4.86. The fourth-order valence-corrected chi connectivity index (χ4v) is 4.57. The lowest BCUT2D eigenvalue weighted by molar-refractivity contribution is -0.155. The van der Waals surface area contributed by atoms with Gasteiger partial charge in [0.05, 0.1) is 0 Å². The molecule has 4 rings (SSSR count). The Hall–Kier alpha value is -4.67. The van der Waals surface area contributed by atoms with Crippen molar-refractivity contribution in [2.24, 2.45) is 5.92 Å². The van der Waals surface area contributed by atoms with Crippen molar-refractivity contribution in [1.29, 1.82) is 0 Å². The van der Waals surface area contributed by atoms with Gasteiger partial charge in [0.15, 0.2) is 0 Å². The van der Waals surface area contributed by atoms with E-state index in [1.807, 2.05) is 44.2 Å². The van der Waals surface area contributed by atoms with Crippen LogP contribution in [0.5, 0.6) is 0 Å². The number of imide groups is 1. The fraction of sp³-hybridized carbons (Fsp3) is 0.367. The second-order valence-electron chi connectivity index (χ2n) is 10.1. The van der Waals surface area contributed by atoms with E-state index in [1.165, 1.54) is 6.92 Å². The second-order valence-corrected chi connectivity index (χ2v) is 10.1. The van der Waals surface area contributed by atoms with Crippen molar-refractivity contribution in [3.63, 3.8) is 0 Å². The van der Waals surface area contributed by atoms with E-state index in [0.29, 0.717) is 23.1 Å². The van der Waals surface area contributed by atoms with Crippen LogP contribution in [-0.2, 0) is 23.9 Å². The summed E-state index contributed by atoms with van der Waals surface area (Å²) in [4.78, 5) is 61.9. The lowest BCUT2D eigenvalue weighted by Crippen LogP contribution is -2.39. The first-order valence-corrected chi connectivity index (χ1v) is 13.5. The topological polar surface area (TPSA) is 143 Å². The van der Waals surface area contributed by atoms with Crippen LogP contribution in [0.4, 0.5) is 10.5 Å². The Morgan fingerprint density at radius 1 is 1.15 bits per heavy atom. The maximum atomic E-state index is 13.5. The van der Waals surface area contributed by atoms with Gasteiger partial charge in [0.2, 0.25) is 13.2 Å². The first-order valence-electron chi connectivity index (χ1n) is 13.5. The van der Waals surface area contributed by atoms with E-state index < -0.39 is 30.8 Å². The van der Waals surface area contributed by atoms with Crippen LogP contribution in [0.25, 0.3) is 0 Å². The molecule has 3 aliphatic carbocycles. The number of hydrogen-bond acceptors (Lipinski definition) is 8. The Bertz CT molecular complexity index is 1390.